The molecule has 4 atom stereocenters. The average Bonchev–Trinajstić information content (AvgIpc) is 2.85. The first kappa shape index (κ1) is 13.4. The standard InChI is InChI=1S/C16H27NO2/c1-2-3-4-7-17(8-9-18)16(19)15-13-11-5-6-12(10-11)14(13)15/h11-15,18H,2-10H2,1H3. The molecular weight excluding hydrogens is 238 g/mol. The molecule has 3 aliphatic rings. The molecule has 0 aliphatic heterocycles. The Hall–Kier alpha value is -0.570. The summed E-state index contributed by atoms with van der Waals surface area (Å²) in [7, 11) is 0. The molecule has 4 unspecified atom stereocenters. The predicted molar refractivity (Wildman–Crippen MR) is 74.5 cm³/mol. The molecule has 1 N–H and O–H groups in total. The highest BCUT2D eigenvalue weighted by molar-refractivity contribution is 5.83. The smallest absolute Gasteiger partial charge is 0.226 e. The van der Waals surface area contributed by atoms with Crippen LogP contribution in [0.15, 0.2) is 0 Å². The molecule has 3 rings (SSSR count). The van der Waals surface area contributed by atoms with Crippen LogP contribution < -0.4 is 0 Å². The monoisotopic (exact) mass is 265 g/mol. The molecule has 0 radical (unpaired) electrons. The quantitative estimate of drug-likeness (QED) is 0.718. The van der Waals surface area contributed by atoms with Gasteiger partial charge in [-0.3, -0.25) is 4.79 Å². The second-order valence-corrected chi connectivity index (χ2v) is 6.77. The van der Waals surface area contributed by atoms with Gasteiger partial charge >= 0.3 is 0 Å². The molecule has 3 fully saturated rings. The maximum atomic E-state index is 12.6. The summed E-state index contributed by atoms with van der Waals surface area (Å²) < 4.78 is 0. The molecule has 108 valence electrons. The van der Waals surface area contributed by atoms with Crippen molar-refractivity contribution in [3.63, 3.8) is 0 Å². The Bertz CT molecular complexity index is 328. The number of nitrogens with zero attached hydrogens (tertiary/aromatic N) is 1. The van der Waals surface area contributed by atoms with Crippen LogP contribution in [0, 0.1) is 29.6 Å². The van der Waals surface area contributed by atoms with E-state index in [2.05, 4.69) is 6.92 Å². The lowest BCUT2D eigenvalue weighted by Gasteiger charge is -2.23. The topological polar surface area (TPSA) is 40.5 Å². The lowest BCUT2D eigenvalue weighted by molar-refractivity contribution is -0.134. The van der Waals surface area contributed by atoms with Gasteiger partial charge < -0.3 is 10.0 Å². The summed E-state index contributed by atoms with van der Waals surface area (Å²) in [5.41, 5.74) is 0. The third-order valence-electron chi connectivity index (χ3n) is 5.73. The first-order valence-corrected chi connectivity index (χ1v) is 8.17. The maximum absolute atomic E-state index is 12.6. The molecule has 0 heterocycles. The van der Waals surface area contributed by atoms with E-state index in [9.17, 15) is 4.79 Å². The van der Waals surface area contributed by atoms with Crippen LogP contribution >= 0.6 is 0 Å². The van der Waals surface area contributed by atoms with E-state index >= 15 is 0 Å². The van der Waals surface area contributed by atoms with Gasteiger partial charge in [0.05, 0.1) is 6.61 Å². The number of fused-ring (bicyclic) bond motifs is 5. The highest BCUT2D eigenvalue weighted by Crippen LogP contribution is 2.69. The molecule has 0 aromatic rings. The first-order valence-electron chi connectivity index (χ1n) is 8.17. The fourth-order valence-corrected chi connectivity index (χ4v) is 4.87. The molecule has 0 aromatic carbocycles. The number of aliphatic hydroxyl groups is 1. The third-order valence-corrected chi connectivity index (χ3v) is 5.73. The van der Waals surface area contributed by atoms with Crippen molar-refractivity contribution in [3.05, 3.63) is 0 Å². The van der Waals surface area contributed by atoms with Crippen molar-refractivity contribution >= 4 is 5.91 Å². The van der Waals surface area contributed by atoms with Crippen LogP contribution in [-0.2, 0) is 4.79 Å². The lowest BCUT2D eigenvalue weighted by Crippen LogP contribution is -2.37. The zero-order valence-electron chi connectivity index (χ0n) is 12.1. The fraction of sp³-hybridized carbons (Fsp3) is 0.938. The van der Waals surface area contributed by atoms with E-state index in [1.54, 1.807) is 0 Å². The van der Waals surface area contributed by atoms with E-state index < -0.39 is 0 Å². The van der Waals surface area contributed by atoms with Crippen LogP contribution in [0.4, 0.5) is 0 Å². The molecule has 0 aromatic heterocycles. The highest BCUT2D eigenvalue weighted by atomic mass is 16.3. The molecule has 1 amide bonds. The summed E-state index contributed by atoms with van der Waals surface area (Å²) in [5, 5.41) is 9.17. The second kappa shape index (κ2) is 5.43. The van der Waals surface area contributed by atoms with Gasteiger partial charge in [0.15, 0.2) is 0 Å². The van der Waals surface area contributed by atoms with E-state index in [0.717, 1.165) is 36.6 Å². The van der Waals surface area contributed by atoms with Crippen molar-refractivity contribution in [2.75, 3.05) is 19.7 Å². The van der Waals surface area contributed by atoms with E-state index in [-0.39, 0.29) is 6.61 Å². The molecule has 0 spiro atoms. The molecule has 19 heavy (non-hydrogen) atoms. The summed E-state index contributed by atoms with van der Waals surface area (Å²) in [5.74, 6) is 3.85. The third kappa shape index (κ3) is 2.31. The second-order valence-electron chi connectivity index (χ2n) is 6.77. The van der Waals surface area contributed by atoms with Gasteiger partial charge in [0.1, 0.15) is 0 Å². The van der Waals surface area contributed by atoms with E-state index in [0.29, 0.717) is 18.4 Å². The summed E-state index contributed by atoms with van der Waals surface area (Å²) in [4.78, 5) is 14.6. The number of amides is 1. The summed E-state index contributed by atoms with van der Waals surface area (Å²) in [6, 6.07) is 0. The van der Waals surface area contributed by atoms with Crippen LogP contribution in [0.25, 0.3) is 0 Å². The number of hydrogen-bond acceptors (Lipinski definition) is 2. The SMILES string of the molecule is CCCCCN(CCO)C(=O)C1C2C3CCC(C3)C12. The Labute approximate surface area is 116 Å². The van der Waals surface area contributed by atoms with Crippen LogP contribution in [0.3, 0.4) is 0 Å². The van der Waals surface area contributed by atoms with E-state index in [1.807, 2.05) is 4.90 Å². The van der Waals surface area contributed by atoms with E-state index in [1.165, 1.54) is 32.1 Å². The minimum atomic E-state index is 0.104. The predicted octanol–water partition coefficient (Wildman–Crippen LogP) is 2.29. The zero-order valence-corrected chi connectivity index (χ0v) is 12.1. The number of rotatable bonds is 7. The average molecular weight is 265 g/mol. The molecule has 3 aliphatic carbocycles. The minimum Gasteiger partial charge on any atom is -0.395 e. The molecule has 3 saturated carbocycles. The minimum absolute atomic E-state index is 0.104. The number of carbonyl (C=O) groups is 1. The van der Waals surface area contributed by atoms with Crippen molar-refractivity contribution in [1.82, 2.24) is 4.90 Å². The number of aliphatic hydroxyl groups excluding tert-OH is 1. The highest BCUT2D eigenvalue weighted by Gasteiger charge is 2.67. The van der Waals surface area contributed by atoms with Crippen molar-refractivity contribution in [3.8, 4) is 0 Å². The molecule has 0 saturated heterocycles. The fourth-order valence-electron chi connectivity index (χ4n) is 4.87. The van der Waals surface area contributed by atoms with Gasteiger partial charge in [-0.25, -0.2) is 0 Å². The van der Waals surface area contributed by atoms with E-state index in [4.69, 9.17) is 5.11 Å². The Morgan fingerprint density at radius 2 is 1.84 bits per heavy atom. The number of unbranched alkanes of at least 4 members (excludes halogenated alkanes) is 2. The molecule has 2 bridgehead atoms. The van der Waals surface area contributed by atoms with Crippen molar-refractivity contribution in [1.29, 1.82) is 0 Å². The number of hydrogen-bond donors (Lipinski definition) is 1. The van der Waals surface area contributed by atoms with Gasteiger partial charge in [-0.05, 0) is 49.4 Å². The van der Waals surface area contributed by atoms with Crippen LogP contribution in [0.5, 0.6) is 0 Å². The van der Waals surface area contributed by atoms with Crippen LogP contribution in [-0.4, -0.2) is 35.6 Å². The molecule has 3 heteroatoms. The van der Waals surface area contributed by atoms with Crippen molar-refractivity contribution in [2.45, 2.75) is 45.4 Å². The number of carbonyl (C=O) groups excluding carboxylic acids is 1. The van der Waals surface area contributed by atoms with Gasteiger partial charge in [0.2, 0.25) is 5.91 Å². The van der Waals surface area contributed by atoms with Gasteiger partial charge in [0, 0.05) is 19.0 Å². The largest absolute Gasteiger partial charge is 0.395 e. The summed E-state index contributed by atoms with van der Waals surface area (Å²) >= 11 is 0. The summed E-state index contributed by atoms with van der Waals surface area (Å²) in [6.45, 7) is 3.67. The lowest BCUT2D eigenvalue weighted by atomic mass is 10.0. The normalized spacial score (nSPS) is 38.3. The summed E-state index contributed by atoms with van der Waals surface area (Å²) in [6.07, 6.45) is 7.57. The van der Waals surface area contributed by atoms with Gasteiger partial charge in [-0.2, -0.15) is 0 Å². The van der Waals surface area contributed by atoms with Gasteiger partial charge in [0.25, 0.3) is 0 Å². The Kier molecular flexibility index (Phi) is 3.84. The Morgan fingerprint density at radius 1 is 1.16 bits per heavy atom. The zero-order chi connectivity index (χ0) is 13.4. The molecular formula is C16H27NO2. The van der Waals surface area contributed by atoms with Gasteiger partial charge in [-0.1, -0.05) is 19.8 Å². The van der Waals surface area contributed by atoms with Crippen LogP contribution in [0.2, 0.25) is 0 Å². The Balaban J connectivity index is 1.56. The van der Waals surface area contributed by atoms with Crippen molar-refractivity contribution < 1.29 is 9.90 Å². The van der Waals surface area contributed by atoms with Crippen molar-refractivity contribution in [2.24, 2.45) is 29.6 Å². The Morgan fingerprint density at radius 3 is 2.42 bits per heavy atom. The maximum Gasteiger partial charge on any atom is 0.226 e. The van der Waals surface area contributed by atoms with Gasteiger partial charge in [-0.15, -0.1) is 0 Å². The first-order chi connectivity index (χ1) is 9.27. The van der Waals surface area contributed by atoms with Crippen LogP contribution in [0.1, 0.15) is 45.4 Å². The molecule has 3 nitrogen and oxygen atoms in total.